The van der Waals surface area contributed by atoms with Crippen molar-refractivity contribution >= 4 is 53.0 Å². The maximum absolute atomic E-state index is 12.9. The predicted octanol–water partition coefficient (Wildman–Crippen LogP) is 5.06. The summed E-state index contributed by atoms with van der Waals surface area (Å²) in [5, 5.41) is 3.25. The van der Waals surface area contributed by atoms with E-state index in [9.17, 15) is 14.4 Å². The lowest BCUT2D eigenvalue weighted by atomic mass is 10.1. The van der Waals surface area contributed by atoms with Gasteiger partial charge in [0.25, 0.3) is 11.8 Å². The van der Waals surface area contributed by atoms with E-state index < -0.39 is 17.8 Å². The van der Waals surface area contributed by atoms with Crippen LogP contribution in [0, 0.1) is 6.92 Å². The lowest BCUT2D eigenvalue weighted by Gasteiger charge is -2.26. The van der Waals surface area contributed by atoms with E-state index in [0.717, 1.165) is 15.4 Å². The van der Waals surface area contributed by atoms with Gasteiger partial charge in [-0.3, -0.25) is 14.9 Å². The van der Waals surface area contributed by atoms with E-state index >= 15 is 0 Å². The topological polar surface area (TPSA) is 79.6 Å². The minimum absolute atomic E-state index is 0.203. The average Bonchev–Trinajstić information content (AvgIpc) is 3.15. The molecule has 0 spiro atoms. The molecule has 150 valence electrons. The molecular formula is C22H15ClN2O4S. The molecule has 4 rings (SSSR count). The second-order valence-corrected chi connectivity index (χ2v) is 8.02. The Kier molecular flexibility index (Phi) is 5.48. The number of imide groups is 2. The van der Waals surface area contributed by atoms with Gasteiger partial charge in [-0.15, -0.1) is 0 Å². The first-order valence-corrected chi connectivity index (χ1v) is 10.1. The number of carbonyl (C=O) groups excluding carboxylic acids is 3. The van der Waals surface area contributed by atoms with Crippen molar-refractivity contribution in [3.63, 3.8) is 0 Å². The Labute approximate surface area is 181 Å². The van der Waals surface area contributed by atoms with E-state index in [1.54, 1.807) is 24.3 Å². The fourth-order valence-corrected chi connectivity index (χ4v) is 3.72. The van der Waals surface area contributed by atoms with Gasteiger partial charge in [0.1, 0.15) is 11.3 Å². The lowest BCUT2D eigenvalue weighted by Crippen LogP contribution is -2.54. The van der Waals surface area contributed by atoms with Gasteiger partial charge in [0.05, 0.1) is 5.69 Å². The number of benzene rings is 2. The summed E-state index contributed by atoms with van der Waals surface area (Å²) in [6.07, 6.45) is 1.33. The molecule has 0 aliphatic carbocycles. The van der Waals surface area contributed by atoms with Crippen LogP contribution in [-0.4, -0.2) is 17.8 Å². The number of nitrogens with zero attached hydrogens (tertiary/aromatic N) is 1. The average molecular weight is 439 g/mol. The molecule has 2 aromatic carbocycles. The van der Waals surface area contributed by atoms with Gasteiger partial charge in [-0.2, -0.15) is 0 Å². The number of hydrogen-bond acceptors (Lipinski definition) is 5. The quantitative estimate of drug-likeness (QED) is 0.455. The number of hydrogen-bond donors (Lipinski definition) is 1. The number of amides is 4. The number of halogens is 1. The highest BCUT2D eigenvalue weighted by atomic mass is 35.5. The van der Waals surface area contributed by atoms with Crippen LogP contribution < -0.4 is 10.2 Å². The Bertz CT molecular complexity index is 1170. The highest BCUT2D eigenvalue weighted by Gasteiger charge is 2.37. The molecule has 1 N–H and O–H groups in total. The van der Waals surface area contributed by atoms with Gasteiger partial charge in [0.2, 0.25) is 0 Å². The largest absolute Gasteiger partial charge is 0.450 e. The van der Waals surface area contributed by atoms with Gasteiger partial charge in [-0.05, 0) is 61.5 Å². The molecule has 2 heterocycles. The van der Waals surface area contributed by atoms with E-state index in [1.165, 1.54) is 30.0 Å². The van der Waals surface area contributed by atoms with Crippen molar-refractivity contribution in [3.8, 4) is 0 Å². The summed E-state index contributed by atoms with van der Waals surface area (Å²) in [6, 6.07) is 16.7. The molecule has 0 atom stereocenters. The minimum atomic E-state index is -0.820. The van der Waals surface area contributed by atoms with Crippen LogP contribution in [0.15, 0.2) is 80.6 Å². The summed E-state index contributed by atoms with van der Waals surface area (Å²) in [4.78, 5) is 39.2. The highest BCUT2D eigenvalue weighted by Crippen LogP contribution is 2.30. The summed E-state index contributed by atoms with van der Waals surface area (Å²) in [5.41, 5.74) is 1.26. The van der Waals surface area contributed by atoms with Crippen molar-refractivity contribution in [2.45, 2.75) is 16.9 Å². The number of carbonyl (C=O) groups is 3. The highest BCUT2D eigenvalue weighted by molar-refractivity contribution is 7.99. The van der Waals surface area contributed by atoms with Crippen molar-refractivity contribution in [1.29, 1.82) is 0 Å². The third-order valence-electron chi connectivity index (χ3n) is 4.31. The zero-order chi connectivity index (χ0) is 21.3. The predicted molar refractivity (Wildman–Crippen MR) is 114 cm³/mol. The number of urea groups is 1. The summed E-state index contributed by atoms with van der Waals surface area (Å²) >= 11 is 7.29. The van der Waals surface area contributed by atoms with Crippen LogP contribution in [0.25, 0.3) is 6.08 Å². The van der Waals surface area contributed by atoms with Crippen LogP contribution in [0.1, 0.15) is 11.3 Å². The standard InChI is InChI=1S/C22H15ClN2O4S/c1-13-2-9-17(10-3-13)30-19-11-8-16(29-19)12-18-20(26)24-22(28)25(21(18)27)15-6-4-14(23)5-7-15/h2-12H,1H3,(H,24,26,28)/b18-12-. The van der Waals surface area contributed by atoms with Crippen LogP contribution >= 0.6 is 23.4 Å². The van der Waals surface area contributed by atoms with Crippen molar-refractivity contribution in [2.75, 3.05) is 4.90 Å². The van der Waals surface area contributed by atoms with Crippen LogP contribution in [-0.2, 0) is 9.59 Å². The number of nitrogens with one attached hydrogen (secondary N) is 1. The third-order valence-corrected chi connectivity index (χ3v) is 5.50. The van der Waals surface area contributed by atoms with Gasteiger partial charge in [-0.1, -0.05) is 41.1 Å². The summed E-state index contributed by atoms with van der Waals surface area (Å²) in [7, 11) is 0. The van der Waals surface area contributed by atoms with E-state index in [-0.39, 0.29) is 5.57 Å². The Balaban J connectivity index is 1.59. The molecule has 1 aromatic heterocycles. The number of barbiturate groups is 1. The van der Waals surface area contributed by atoms with Crippen molar-refractivity contribution < 1.29 is 18.8 Å². The normalized spacial score (nSPS) is 15.6. The number of aryl methyl sites for hydroxylation is 1. The van der Waals surface area contributed by atoms with Crippen molar-refractivity contribution in [1.82, 2.24) is 5.32 Å². The first-order valence-electron chi connectivity index (χ1n) is 8.92. The lowest BCUT2D eigenvalue weighted by molar-refractivity contribution is -0.122. The van der Waals surface area contributed by atoms with Gasteiger partial charge in [0, 0.05) is 9.92 Å². The monoisotopic (exact) mass is 438 g/mol. The maximum Gasteiger partial charge on any atom is 0.335 e. The smallest absolute Gasteiger partial charge is 0.335 e. The molecule has 1 aliphatic rings. The Morgan fingerprint density at radius 3 is 2.37 bits per heavy atom. The number of rotatable bonds is 4. The van der Waals surface area contributed by atoms with E-state index in [0.29, 0.717) is 21.6 Å². The van der Waals surface area contributed by atoms with E-state index in [1.807, 2.05) is 31.2 Å². The molecule has 8 heteroatoms. The number of anilines is 1. The zero-order valence-electron chi connectivity index (χ0n) is 15.7. The van der Waals surface area contributed by atoms with E-state index in [2.05, 4.69) is 5.32 Å². The van der Waals surface area contributed by atoms with Crippen molar-refractivity contribution in [2.24, 2.45) is 0 Å². The van der Waals surface area contributed by atoms with Crippen molar-refractivity contribution in [3.05, 3.63) is 82.6 Å². The molecule has 6 nitrogen and oxygen atoms in total. The molecule has 3 aromatic rings. The van der Waals surface area contributed by atoms with Crippen LogP contribution in [0.4, 0.5) is 10.5 Å². The Morgan fingerprint density at radius 1 is 0.967 bits per heavy atom. The van der Waals surface area contributed by atoms with Gasteiger partial charge in [0.15, 0.2) is 5.09 Å². The molecule has 1 fully saturated rings. The van der Waals surface area contributed by atoms with Gasteiger partial charge < -0.3 is 4.42 Å². The van der Waals surface area contributed by atoms with Crippen LogP contribution in [0.5, 0.6) is 0 Å². The summed E-state index contributed by atoms with van der Waals surface area (Å²) in [5.74, 6) is -1.19. The number of furan rings is 1. The molecule has 1 aliphatic heterocycles. The third kappa shape index (κ3) is 4.17. The Hall–Kier alpha value is -3.29. The molecule has 4 amide bonds. The fourth-order valence-electron chi connectivity index (χ4n) is 2.81. The molecule has 1 saturated heterocycles. The second kappa shape index (κ2) is 8.22. The minimum Gasteiger partial charge on any atom is -0.450 e. The van der Waals surface area contributed by atoms with Crippen LogP contribution in [0.2, 0.25) is 5.02 Å². The zero-order valence-corrected chi connectivity index (χ0v) is 17.3. The maximum atomic E-state index is 12.9. The summed E-state index contributed by atoms with van der Waals surface area (Å²) < 4.78 is 5.73. The molecule has 0 saturated carbocycles. The molecule has 0 bridgehead atoms. The second-order valence-electron chi connectivity index (χ2n) is 6.51. The fraction of sp³-hybridized carbons (Fsp3) is 0.0455. The Morgan fingerprint density at radius 2 is 1.67 bits per heavy atom. The molecule has 0 unspecified atom stereocenters. The summed E-state index contributed by atoms with van der Waals surface area (Å²) in [6.45, 7) is 2.01. The first-order chi connectivity index (χ1) is 14.4. The van der Waals surface area contributed by atoms with Gasteiger partial charge >= 0.3 is 6.03 Å². The van der Waals surface area contributed by atoms with Gasteiger partial charge in [-0.25, -0.2) is 9.69 Å². The molecule has 0 radical (unpaired) electrons. The SMILES string of the molecule is Cc1ccc(Sc2ccc(/C=C3/C(=O)NC(=O)N(c4ccc(Cl)cc4)C3=O)o2)cc1. The molecule has 30 heavy (non-hydrogen) atoms. The molecular weight excluding hydrogens is 424 g/mol. The van der Waals surface area contributed by atoms with E-state index in [4.69, 9.17) is 16.0 Å². The van der Waals surface area contributed by atoms with Crippen LogP contribution in [0.3, 0.4) is 0 Å². The first kappa shape index (κ1) is 20.0.